The fourth-order valence-electron chi connectivity index (χ4n) is 8.54. The van der Waals surface area contributed by atoms with Crippen LogP contribution < -0.4 is 37.9 Å². The van der Waals surface area contributed by atoms with E-state index in [9.17, 15) is 9.59 Å². The number of hydrogen-bond donors (Lipinski definition) is 0. The molecule has 0 aromatic heterocycles. The number of fused-ring (bicyclic) bond motifs is 2. The van der Waals surface area contributed by atoms with E-state index in [1.165, 1.54) is 0 Å². The number of ether oxygens (including phenoxy) is 10. The number of methoxy groups -OCH3 is 8. The normalized spacial score (nSPS) is 13.0. The minimum atomic E-state index is -0.250. The summed E-state index contributed by atoms with van der Waals surface area (Å²) in [6.45, 7) is 3.11. The first-order valence-electron chi connectivity index (χ1n) is 22.1. The van der Waals surface area contributed by atoms with Gasteiger partial charge in [0.25, 0.3) is 0 Å². The van der Waals surface area contributed by atoms with Crippen LogP contribution in [0.3, 0.4) is 0 Å². The zero-order chi connectivity index (χ0) is 46.3. The predicted molar refractivity (Wildman–Crippen MR) is 246 cm³/mol. The minimum Gasteiger partial charge on any atom is -0.493 e. The molecule has 0 atom stereocenters. The second kappa shape index (κ2) is 23.5. The predicted octanol–water partition coefficient (Wildman–Crippen LogP) is 6.69. The molecule has 0 saturated carbocycles. The van der Waals surface area contributed by atoms with E-state index in [2.05, 4.69) is 9.15 Å². The van der Waals surface area contributed by atoms with Crippen LogP contribution in [-0.4, -0.2) is 129 Å². The number of nitrogens with zero attached hydrogens (tertiary/aromatic N) is 2. The standard InChI is InChI=1S/C51H64N2O12/c1-56-42-14-12-34(28-44(42)58-3)26-40-38-32-48(62-7)46(60-5)30-36(38)16-20-52(40)22-18-50(54)64-24-10-9-11-25-65-51(55)19-23-53-21-17-37-31-47(61-6)49(63-8)33-39(37)41(53)27-35-13-15-43(57-2)45(29-35)59-4/h12-15,28-33H,9-11,16-27H2,1-8H3/q+2. The molecule has 0 amide bonds. The molecular weight excluding hydrogens is 833 g/mol. The molecule has 4 aromatic rings. The van der Waals surface area contributed by atoms with Gasteiger partial charge in [0.05, 0.1) is 82.9 Å². The molecule has 0 aliphatic carbocycles. The van der Waals surface area contributed by atoms with Crippen molar-refractivity contribution in [3.05, 3.63) is 94.0 Å². The number of hydrogen-bond acceptors (Lipinski definition) is 12. The summed E-state index contributed by atoms with van der Waals surface area (Å²) in [5, 5.41) is 0. The molecule has 65 heavy (non-hydrogen) atoms. The van der Waals surface area contributed by atoms with Crippen molar-refractivity contribution in [2.24, 2.45) is 0 Å². The Morgan fingerprint density at radius 3 is 1.17 bits per heavy atom. The number of unbranched alkanes of at least 4 members (excludes halogenated alkanes) is 2. The van der Waals surface area contributed by atoms with E-state index < -0.39 is 0 Å². The molecular formula is C51H64N2O12+2. The van der Waals surface area contributed by atoms with Gasteiger partial charge in [-0.2, -0.15) is 0 Å². The number of esters is 2. The maximum atomic E-state index is 13.0. The third-order valence-electron chi connectivity index (χ3n) is 12.0. The van der Waals surface area contributed by atoms with Crippen molar-refractivity contribution in [2.45, 2.75) is 57.8 Å². The zero-order valence-electron chi connectivity index (χ0n) is 39.2. The van der Waals surface area contributed by atoms with Crippen molar-refractivity contribution >= 4 is 23.4 Å². The van der Waals surface area contributed by atoms with E-state index in [0.29, 0.717) is 98.0 Å². The summed E-state index contributed by atoms with van der Waals surface area (Å²) in [7, 11) is 13.0. The SMILES string of the molecule is COc1ccc(CC2=[N+](CCC(=O)OCCCCCOC(=O)CC[N+]3=C(Cc4ccc(OC)c(OC)c4)c4cc(OC)c(OC)cc4CC3)CCc3cc(OC)c(OC)cc32)cc1OC. The molecule has 348 valence electrons. The molecule has 0 radical (unpaired) electrons. The lowest BCUT2D eigenvalue weighted by Crippen LogP contribution is -2.33. The fraction of sp³-hybridized carbons (Fsp3) is 0.451. The summed E-state index contributed by atoms with van der Waals surface area (Å²) < 4.78 is 60.5. The number of carbonyl (C=O) groups is 2. The summed E-state index contributed by atoms with van der Waals surface area (Å²) in [4.78, 5) is 26.0. The van der Waals surface area contributed by atoms with Gasteiger partial charge in [0.15, 0.2) is 70.5 Å². The topological polar surface area (TPSA) is 132 Å². The van der Waals surface area contributed by atoms with Crippen LogP contribution in [0.25, 0.3) is 0 Å². The largest absolute Gasteiger partial charge is 0.493 e. The molecule has 0 unspecified atom stereocenters. The second-order valence-electron chi connectivity index (χ2n) is 15.8. The molecule has 4 aromatic carbocycles. The van der Waals surface area contributed by atoms with Gasteiger partial charge in [-0.25, -0.2) is 9.15 Å². The van der Waals surface area contributed by atoms with Gasteiger partial charge in [0, 0.05) is 24.0 Å². The lowest BCUT2D eigenvalue weighted by atomic mass is 9.92. The zero-order valence-corrected chi connectivity index (χ0v) is 39.2. The van der Waals surface area contributed by atoms with Gasteiger partial charge in [-0.3, -0.25) is 9.59 Å². The average Bonchev–Trinajstić information content (AvgIpc) is 3.34. The summed E-state index contributed by atoms with van der Waals surface area (Å²) in [6, 6.07) is 20.0. The smallest absolute Gasteiger partial charge is 0.312 e. The Morgan fingerprint density at radius 1 is 0.446 bits per heavy atom. The van der Waals surface area contributed by atoms with Gasteiger partial charge in [0.1, 0.15) is 25.9 Å². The van der Waals surface area contributed by atoms with Crippen molar-refractivity contribution in [3.63, 3.8) is 0 Å². The monoisotopic (exact) mass is 896 g/mol. The highest BCUT2D eigenvalue weighted by atomic mass is 16.5. The maximum Gasteiger partial charge on any atom is 0.312 e. The third-order valence-corrected chi connectivity index (χ3v) is 12.0. The van der Waals surface area contributed by atoms with E-state index in [1.54, 1.807) is 56.9 Å². The van der Waals surface area contributed by atoms with Crippen LogP contribution in [0, 0.1) is 0 Å². The summed E-state index contributed by atoms with van der Waals surface area (Å²) in [5.41, 5.74) is 8.70. The van der Waals surface area contributed by atoms with Crippen molar-refractivity contribution in [1.82, 2.24) is 0 Å². The molecule has 14 heteroatoms. The van der Waals surface area contributed by atoms with Crippen LogP contribution in [0.15, 0.2) is 60.7 Å². The maximum absolute atomic E-state index is 13.0. The average molecular weight is 897 g/mol. The van der Waals surface area contributed by atoms with Crippen molar-refractivity contribution < 1.29 is 66.1 Å². The lowest BCUT2D eigenvalue weighted by molar-refractivity contribution is -0.528. The quantitative estimate of drug-likeness (QED) is 0.0422. The molecule has 0 N–H and O–H groups in total. The van der Waals surface area contributed by atoms with Crippen LogP contribution in [-0.2, 0) is 44.7 Å². The molecule has 2 heterocycles. The Kier molecular flexibility index (Phi) is 17.3. The highest BCUT2D eigenvalue weighted by Crippen LogP contribution is 2.36. The van der Waals surface area contributed by atoms with Crippen LogP contribution >= 0.6 is 0 Å². The number of carbonyl (C=O) groups excluding carboxylic acids is 2. The van der Waals surface area contributed by atoms with Crippen molar-refractivity contribution in [2.75, 3.05) is 96.3 Å². The fourth-order valence-corrected chi connectivity index (χ4v) is 8.54. The van der Waals surface area contributed by atoms with E-state index in [-0.39, 0.29) is 24.8 Å². The molecule has 6 rings (SSSR count). The van der Waals surface area contributed by atoms with Gasteiger partial charge in [-0.15, -0.1) is 0 Å². The van der Waals surface area contributed by atoms with Gasteiger partial charge >= 0.3 is 11.9 Å². The van der Waals surface area contributed by atoms with Gasteiger partial charge in [-0.05, 0) is 90.0 Å². The molecule has 0 fully saturated rings. The molecule has 2 aliphatic rings. The van der Waals surface area contributed by atoms with Crippen LogP contribution in [0.5, 0.6) is 46.0 Å². The molecule has 2 aliphatic heterocycles. The van der Waals surface area contributed by atoms with Crippen molar-refractivity contribution in [3.8, 4) is 46.0 Å². The molecule has 0 saturated heterocycles. The summed E-state index contributed by atoms with van der Waals surface area (Å²) in [6.07, 6.45) is 5.41. The lowest BCUT2D eigenvalue weighted by Gasteiger charge is -2.21. The first kappa shape index (κ1) is 48.0. The van der Waals surface area contributed by atoms with Crippen LogP contribution in [0.2, 0.25) is 0 Å². The van der Waals surface area contributed by atoms with E-state index >= 15 is 0 Å². The van der Waals surface area contributed by atoms with E-state index in [0.717, 1.165) is 77.2 Å². The summed E-state index contributed by atoms with van der Waals surface area (Å²) in [5.74, 6) is 4.80. The highest BCUT2D eigenvalue weighted by Gasteiger charge is 2.31. The highest BCUT2D eigenvalue weighted by molar-refractivity contribution is 6.01. The van der Waals surface area contributed by atoms with Gasteiger partial charge in [-0.1, -0.05) is 12.1 Å². The second-order valence-corrected chi connectivity index (χ2v) is 15.8. The Labute approximate surface area is 382 Å². The van der Waals surface area contributed by atoms with Crippen LogP contribution in [0.4, 0.5) is 0 Å². The number of rotatable bonds is 24. The first-order chi connectivity index (χ1) is 31.7. The number of benzene rings is 4. The van der Waals surface area contributed by atoms with Gasteiger partial charge in [0.2, 0.25) is 0 Å². The Bertz CT molecular complexity index is 2210. The van der Waals surface area contributed by atoms with Gasteiger partial charge < -0.3 is 47.4 Å². The first-order valence-corrected chi connectivity index (χ1v) is 22.1. The Morgan fingerprint density at radius 2 is 0.800 bits per heavy atom. The third kappa shape index (κ3) is 12.0. The van der Waals surface area contributed by atoms with E-state index in [4.69, 9.17) is 47.4 Å². The Hall–Kier alpha value is -6.44. The summed E-state index contributed by atoms with van der Waals surface area (Å²) >= 11 is 0. The molecule has 0 bridgehead atoms. The molecule has 0 spiro atoms. The van der Waals surface area contributed by atoms with Crippen molar-refractivity contribution in [1.29, 1.82) is 0 Å². The minimum absolute atomic E-state index is 0.243. The van der Waals surface area contributed by atoms with E-state index in [1.807, 2.05) is 60.7 Å². The molecule has 14 nitrogen and oxygen atoms in total. The Balaban J connectivity index is 0.995. The van der Waals surface area contributed by atoms with Crippen LogP contribution in [0.1, 0.15) is 65.5 Å².